The molecule has 0 spiro atoms. The van der Waals surface area contributed by atoms with Gasteiger partial charge in [0.2, 0.25) is 10.0 Å². The van der Waals surface area contributed by atoms with Gasteiger partial charge < -0.3 is 9.64 Å². The summed E-state index contributed by atoms with van der Waals surface area (Å²) in [6.07, 6.45) is 0.566. The molecule has 1 amide bonds. The molecule has 3 rings (SSSR count). The first kappa shape index (κ1) is 18.8. The van der Waals surface area contributed by atoms with Gasteiger partial charge in [-0.1, -0.05) is 23.7 Å². The van der Waals surface area contributed by atoms with Crippen molar-refractivity contribution in [1.29, 1.82) is 0 Å². The minimum atomic E-state index is -3.60. The molecule has 0 bridgehead atoms. The highest BCUT2D eigenvalue weighted by molar-refractivity contribution is 7.89. The van der Waals surface area contributed by atoms with Gasteiger partial charge in [-0.3, -0.25) is 4.79 Å². The van der Waals surface area contributed by atoms with Crippen molar-refractivity contribution in [3.05, 3.63) is 59.1 Å². The third kappa shape index (κ3) is 4.62. The maximum Gasteiger partial charge on any atom is 0.253 e. The number of anilines is 1. The molecule has 0 atom stereocenters. The molecule has 1 aliphatic rings. The zero-order valence-corrected chi connectivity index (χ0v) is 15.6. The van der Waals surface area contributed by atoms with E-state index in [2.05, 4.69) is 4.72 Å². The van der Waals surface area contributed by atoms with Gasteiger partial charge in [-0.05, 0) is 48.4 Å². The number of carbonyl (C=O) groups is 1. The number of halogens is 1. The van der Waals surface area contributed by atoms with Crippen LogP contribution in [-0.2, 0) is 26.0 Å². The fourth-order valence-electron chi connectivity index (χ4n) is 2.66. The molecule has 0 aromatic heterocycles. The zero-order chi connectivity index (χ0) is 18.6. The average Bonchev–Trinajstić information content (AvgIpc) is 2.64. The molecule has 2 aromatic rings. The average molecular weight is 395 g/mol. The molecule has 0 aliphatic carbocycles. The number of rotatable bonds is 6. The van der Waals surface area contributed by atoms with Crippen LogP contribution in [0.5, 0.6) is 0 Å². The van der Waals surface area contributed by atoms with Crippen LogP contribution >= 0.6 is 11.6 Å². The number of nitrogens with one attached hydrogen (secondary N) is 1. The second-order valence-electron chi connectivity index (χ2n) is 5.87. The lowest BCUT2D eigenvalue weighted by molar-refractivity contribution is -0.125. The standard InChI is InChI=1S/C18H19ClN2O4S/c19-15-3-1-14(2-4-15)9-10-20-26(23,24)17-7-5-16(6-8-17)21-11-12-25-13-18(21)22/h1-8,20H,9-13H2. The molecule has 1 saturated heterocycles. The Hall–Kier alpha value is -1.93. The molecule has 1 fully saturated rings. The summed E-state index contributed by atoms with van der Waals surface area (Å²) < 4.78 is 32.5. The number of sulfonamides is 1. The Bertz CT molecular complexity index is 867. The quantitative estimate of drug-likeness (QED) is 0.815. The third-order valence-corrected chi connectivity index (χ3v) is 5.79. The fraction of sp³-hybridized carbons (Fsp3) is 0.278. The predicted molar refractivity (Wildman–Crippen MR) is 100.0 cm³/mol. The molecular formula is C18H19ClN2O4S. The predicted octanol–water partition coefficient (Wildman–Crippen LogP) is 2.22. The van der Waals surface area contributed by atoms with Crippen LogP contribution in [0.1, 0.15) is 5.56 Å². The van der Waals surface area contributed by atoms with Gasteiger partial charge in [0.05, 0.1) is 11.5 Å². The fourth-order valence-corrected chi connectivity index (χ4v) is 3.82. The van der Waals surface area contributed by atoms with Crippen LogP contribution in [0.3, 0.4) is 0 Å². The maximum atomic E-state index is 12.4. The van der Waals surface area contributed by atoms with Gasteiger partial charge in [0, 0.05) is 23.8 Å². The van der Waals surface area contributed by atoms with Crippen molar-refractivity contribution in [3.8, 4) is 0 Å². The molecule has 0 unspecified atom stereocenters. The van der Waals surface area contributed by atoms with Gasteiger partial charge in [0.25, 0.3) is 5.91 Å². The molecule has 0 saturated carbocycles. The van der Waals surface area contributed by atoms with Crippen molar-refractivity contribution in [1.82, 2.24) is 4.72 Å². The lowest BCUT2D eigenvalue weighted by Crippen LogP contribution is -2.41. The van der Waals surface area contributed by atoms with Crippen molar-refractivity contribution in [3.63, 3.8) is 0 Å². The molecule has 8 heteroatoms. The molecular weight excluding hydrogens is 376 g/mol. The Morgan fingerprint density at radius 3 is 2.42 bits per heavy atom. The van der Waals surface area contributed by atoms with Crippen LogP contribution in [-0.4, -0.2) is 40.6 Å². The SMILES string of the molecule is O=C1COCCN1c1ccc(S(=O)(=O)NCCc2ccc(Cl)cc2)cc1. The van der Waals surface area contributed by atoms with Crippen molar-refractivity contribution >= 4 is 33.2 Å². The minimum absolute atomic E-state index is 0.0479. The van der Waals surface area contributed by atoms with Crippen LogP contribution in [0.4, 0.5) is 5.69 Å². The van der Waals surface area contributed by atoms with E-state index >= 15 is 0 Å². The summed E-state index contributed by atoms with van der Waals surface area (Å²) in [5.41, 5.74) is 1.66. The largest absolute Gasteiger partial charge is 0.370 e. The van der Waals surface area contributed by atoms with Crippen molar-refractivity contribution in [2.24, 2.45) is 0 Å². The summed E-state index contributed by atoms with van der Waals surface area (Å²) in [7, 11) is -3.60. The topological polar surface area (TPSA) is 75.7 Å². The van der Waals surface area contributed by atoms with E-state index in [1.54, 1.807) is 29.2 Å². The third-order valence-electron chi connectivity index (χ3n) is 4.06. The summed E-state index contributed by atoms with van der Waals surface area (Å²) in [4.78, 5) is 13.6. The van der Waals surface area contributed by atoms with E-state index in [4.69, 9.17) is 16.3 Å². The molecule has 1 heterocycles. The molecule has 0 radical (unpaired) electrons. The zero-order valence-electron chi connectivity index (χ0n) is 14.0. The van der Waals surface area contributed by atoms with Gasteiger partial charge in [-0.2, -0.15) is 0 Å². The number of morpholine rings is 1. The minimum Gasteiger partial charge on any atom is -0.370 e. The Morgan fingerprint density at radius 2 is 1.77 bits per heavy atom. The van der Waals surface area contributed by atoms with E-state index in [0.717, 1.165) is 5.56 Å². The van der Waals surface area contributed by atoms with E-state index in [0.29, 0.717) is 30.3 Å². The lowest BCUT2D eigenvalue weighted by Gasteiger charge is -2.26. The van der Waals surface area contributed by atoms with E-state index in [1.807, 2.05) is 12.1 Å². The highest BCUT2D eigenvalue weighted by Gasteiger charge is 2.21. The van der Waals surface area contributed by atoms with Crippen LogP contribution in [0.25, 0.3) is 0 Å². The Kier molecular flexibility index (Phi) is 5.93. The number of carbonyl (C=O) groups excluding carboxylic acids is 1. The van der Waals surface area contributed by atoms with Crippen LogP contribution in [0.2, 0.25) is 5.02 Å². The van der Waals surface area contributed by atoms with Crippen LogP contribution in [0, 0.1) is 0 Å². The number of benzene rings is 2. The molecule has 26 heavy (non-hydrogen) atoms. The molecule has 1 N–H and O–H groups in total. The van der Waals surface area contributed by atoms with E-state index < -0.39 is 10.0 Å². The maximum absolute atomic E-state index is 12.4. The molecule has 6 nitrogen and oxygen atoms in total. The first-order valence-electron chi connectivity index (χ1n) is 8.18. The van der Waals surface area contributed by atoms with Crippen molar-refractivity contribution < 1.29 is 17.9 Å². The van der Waals surface area contributed by atoms with Crippen molar-refractivity contribution in [2.75, 3.05) is 31.2 Å². The highest BCUT2D eigenvalue weighted by Crippen LogP contribution is 2.19. The van der Waals surface area contributed by atoms with E-state index in [1.165, 1.54) is 12.1 Å². The van der Waals surface area contributed by atoms with Crippen LogP contribution in [0.15, 0.2) is 53.4 Å². The summed E-state index contributed by atoms with van der Waals surface area (Å²) in [5.74, 6) is -0.132. The summed E-state index contributed by atoms with van der Waals surface area (Å²) >= 11 is 5.83. The monoisotopic (exact) mass is 394 g/mol. The summed E-state index contributed by atoms with van der Waals surface area (Å²) in [6, 6.07) is 13.6. The Balaban J connectivity index is 1.61. The number of amides is 1. The first-order valence-corrected chi connectivity index (χ1v) is 10.0. The molecule has 138 valence electrons. The second-order valence-corrected chi connectivity index (χ2v) is 8.07. The highest BCUT2D eigenvalue weighted by atomic mass is 35.5. The van der Waals surface area contributed by atoms with Crippen LogP contribution < -0.4 is 9.62 Å². The summed E-state index contributed by atoms with van der Waals surface area (Å²) in [5, 5.41) is 0.646. The van der Waals surface area contributed by atoms with Gasteiger partial charge >= 0.3 is 0 Å². The second kappa shape index (κ2) is 8.18. The van der Waals surface area contributed by atoms with Gasteiger partial charge in [-0.15, -0.1) is 0 Å². The Labute approximate surface area is 157 Å². The van der Waals surface area contributed by atoms with Gasteiger partial charge in [-0.25, -0.2) is 13.1 Å². The van der Waals surface area contributed by atoms with E-state index in [9.17, 15) is 13.2 Å². The lowest BCUT2D eigenvalue weighted by atomic mass is 10.2. The number of nitrogens with zero attached hydrogens (tertiary/aromatic N) is 1. The molecule has 1 aliphatic heterocycles. The number of ether oxygens (including phenoxy) is 1. The number of hydrogen-bond acceptors (Lipinski definition) is 4. The van der Waals surface area contributed by atoms with E-state index in [-0.39, 0.29) is 24.0 Å². The van der Waals surface area contributed by atoms with Crippen molar-refractivity contribution in [2.45, 2.75) is 11.3 Å². The number of hydrogen-bond donors (Lipinski definition) is 1. The summed E-state index contributed by atoms with van der Waals surface area (Å²) in [6.45, 7) is 1.27. The van der Waals surface area contributed by atoms with Gasteiger partial charge in [0.15, 0.2) is 0 Å². The normalized spacial score (nSPS) is 15.3. The molecule has 2 aromatic carbocycles. The van der Waals surface area contributed by atoms with Gasteiger partial charge in [0.1, 0.15) is 6.61 Å². The smallest absolute Gasteiger partial charge is 0.253 e. The first-order chi connectivity index (χ1) is 12.5. The Morgan fingerprint density at radius 1 is 1.08 bits per heavy atom.